The number of rotatable bonds is 4. The third-order valence-corrected chi connectivity index (χ3v) is 6.13. The Kier molecular flexibility index (Phi) is 4.96. The number of hydrogen-bond acceptors (Lipinski definition) is 2. The highest BCUT2D eigenvalue weighted by molar-refractivity contribution is 6.30. The highest BCUT2D eigenvalue weighted by Gasteiger charge is 2.41. The van der Waals surface area contributed by atoms with E-state index in [2.05, 4.69) is 10.3 Å². The summed E-state index contributed by atoms with van der Waals surface area (Å²) in [7, 11) is 0. The zero-order chi connectivity index (χ0) is 18.9. The van der Waals surface area contributed by atoms with Crippen molar-refractivity contribution in [3.8, 4) is 11.3 Å². The number of halogens is 1. The zero-order valence-electron chi connectivity index (χ0n) is 15.3. The molecule has 0 saturated carbocycles. The first-order chi connectivity index (χ1) is 13.0. The monoisotopic (exact) mass is 385 g/mol. The Bertz CT molecular complexity index is 835. The predicted octanol–water partition coefficient (Wildman–Crippen LogP) is 3.40. The summed E-state index contributed by atoms with van der Waals surface area (Å²) in [6, 6.07) is 11.8. The standard InChI is InChI=1S/C21H24ClN3O2/c22-16-3-1-15(2-4-16)18-7-5-17(24-18)6-8-20(27)25-11-9-21(10-12-25)13-19(26)23-14-21/h1-5,7,24H,6,8-14H2,(H,23,26). The number of aromatic nitrogens is 1. The molecule has 0 aliphatic carbocycles. The smallest absolute Gasteiger partial charge is 0.222 e. The Morgan fingerprint density at radius 1 is 1.11 bits per heavy atom. The summed E-state index contributed by atoms with van der Waals surface area (Å²) in [5.41, 5.74) is 3.26. The lowest BCUT2D eigenvalue weighted by Gasteiger charge is -2.38. The molecule has 1 aromatic carbocycles. The van der Waals surface area contributed by atoms with E-state index < -0.39 is 0 Å². The number of hydrogen-bond donors (Lipinski definition) is 2. The first-order valence-electron chi connectivity index (χ1n) is 9.51. The van der Waals surface area contributed by atoms with Crippen molar-refractivity contribution in [3.05, 3.63) is 47.1 Å². The van der Waals surface area contributed by atoms with Crippen molar-refractivity contribution >= 4 is 23.4 Å². The number of H-pyrrole nitrogens is 1. The molecule has 2 fully saturated rings. The van der Waals surface area contributed by atoms with Crippen LogP contribution >= 0.6 is 11.6 Å². The molecule has 2 saturated heterocycles. The molecule has 6 heteroatoms. The average Bonchev–Trinajstić information content (AvgIpc) is 3.28. The number of benzene rings is 1. The maximum absolute atomic E-state index is 12.6. The van der Waals surface area contributed by atoms with E-state index in [0.29, 0.717) is 19.3 Å². The molecule has 1 spiro atoms. The molecule has 2 aliphatic rings. The van der Waals surface area contributed by atoms with E-state index in [1.165, 1.54) is 0 Å². The summed E-state index contributed by atoms with van der Waals surface area (Å²) in [6.07, 6.45) is 3.66. The summed E-state index contributed by atoms with van der Waals surface area (Å²) < 4.78 is 0. The highest BCUT2D eigenvalue weighted by Crippen LogP contribution is 2.37. The molecule has 2 N–H and O–H groups in total. The largest absolute Gasteiger partial charge is 0.358 e. The van der Waals surface area contributed by atoms with Crippen LogP contribution in [0.4, 0.5) is 0 Å². The Labute approximate surface area is 164 Å². The Morgan fingerprint density at radius 3 is 2.52 bits per heavy atom. The number of aryl methyl sites for hydroxylation is 1. The summed E-state index contributed by atoms with van der Waals surface area (Å²) >= 11 is 5.94. The van der Waals surface area contributed by atoms with Crippen molar-refractivity contribution in [1.29, 1.82) is 0 Å². The van der Waals surface area contributed by atoms with Crippen LogP contribution in [0.5, 0.6) is 0 Å². The number of carbonyl (C=O) groups excluding carboxylic acids is 2. The van der Waals surface area contributed by atoms with E-state index in [1.54, 1.807) is 0 Å². The Hall–Kier alpha value is -2.27. The minimum Gasteiger partial charge on any atom is -0.358 e. The predicted molar refractivity (Wildman–Crippen MR) is 105 cm³/mol. The topological polar surface area (TPSA) is 65.2 Å². The van der Waals surface area contributed by atoms with Crippen molar-refractivity contribution in [2.45, 2.75) is 32.1 Å². The van der Waals surface area contributed by atoms with Crippen LogP contribution in [-0.2, 0) is 16.0 Å². The second kappa shape index (κ2) is 7.39. The van der Waals surface area contributed by atoms with E-state index in [4.69, 9.17) is 11.6 Å². The fourth-order valence-electron chi connectivity index (χ4n) is 4.12. The Balaban J connectivity index is 1.29. The van der Waals surface area contributed by atoms with Gasteiger partial charge in [-0.1, -0.05) is 23.7 Å². The van der Waals surface area contributed by atoms with Crippen LogP contribution in [0.3, 0.4) is 0 Å². The van der Waals surface area contributed by atoms with Crippen LogP contribution in [0, 0.1) is 5.41 Å². The molecular formula is C21H24ClN3O2. The molecule has 0 unspecified atom stereocenters. The average molecular weight is 386 g/mol. The first kappa shape index (κ1) is 18.1. The molecule has 4 rings (SSSR count). The molecule has 0 atom stereocenters. The van der Waals surface area contributed by atoms with Gasteiger partial charge in [0.15, 0.2) is 0 Å². The molecule has 2 aliphatic heterocycles. The van der Waals surface area contributed by atoms with Gasteiger partial charge in [0.25, 0.3) is 0 Å². The van der Waals surface area contributed by atoms with Crippen molar-refractivity contribution in [2.75, 3.05) is 19.6 Å². The molecule has 0 radical (unpaired) electrons. The maximum atomic E-state index is 12.6. The second-order valence-corrected chi connectivity index (χ2v) is 8.17. The molecule has 2 amide bonds. The molecule has 3 heterocycles. The van der Waals surface area contributed by atoms with E-state index >= 15 is 0 Å². The van der Waals surface area contributed by atoms with Crippen molar-refractivity contribution in [2.24, 2.45) is 5.41 Å². The summed E-state index contributed by atoms with van der Waals surface area (Å²) in [4.78, 5) is 29.4. The lowest BCUT2D eigenvalue weighted by Crippen LogP contribution is -2.44. The quantitative estimate of drug-likeness (QED) is 0.847. The van der Waals surface area contributed by atoms with Gasteiger partial charge in [-0.15, -0.1) is 0 Å². The molecule has 27 heavy (non-hydrogen) atoms. The summed E-state index contributed by atoms with van der Waals surface area (Å²) in [5.74, 6) is 0.350. The zero-order valence-corrected chi connectivity index (χ0v) is 16.0. The SMILES string of the molecule is O=C1CC2(CCN(C(=O)CCc3ccc(-c4ccc(Cl)cc4)[nH]3)CC2)CN1. The van der Waals surface area contributed by atoms with Gasteiger partial charge in [0.2, 0.25) is 11.8 Å². The highest BCUT2D eigenvalue weighted by atomic mass is 35.5. The van der Waals surface area contributed by atoms with E-state index in [0.717, 1.165) is 54.4 Å². The fourth-order valence-corrected chi connectivity index (χ4v) is 4.25. The molecule has 2 aromatic rings. The Morgan fingerprint density at radius 2 is 1.85 bits per heavy atom. The molecule has 1 aromatic heterocycles. The van der Waals surface area contributed by atoms with Gasteiger partial charge in [-0.05, 0) is 54.5 Å². The van der Waals surface area contributed by atoms with Crippen LogP contribution in [0.25, 0.3) is 11.3 Å². The second-order valence-electron chi connectivity index (χ2n) is 7.74. The van der Waals surface area contributed by atoms with E-state index in [9.17, 15) is 9.59 Å². The van der Waals surface area contributed by atoms with Gasteiger partial charge in [0, 0.05) is 48.9 Å². The molecule has 0 bridgehead atoms. The summed E-state index contributed by atoms with van der Waals surface area (Å²) in [5, 5.41) is 3.66. The lowest BCUT2D eigenvalue weighted by molar-refractivity contribution is -0.133. The number of amides is 2. The van der Waals surface area contributed by atoms with Crippen LogP contribution in [0.1, 0.15) is 31.4 Å². The number of aromatic amines is 1. The van der Waals surface area contributed by atoms with Gasteiger partial charge in [-0.25, -0.2) is 0 Å². The van der Waals surface area contributed by atoms with Crippen LogP contribution < -0.4 is 5.32 Å². The molecule has 142 valence electrons. The summed E-state index contributed by atoms with van der Waals surface area (Å²) in [6.45, 7) is 2.28. The van der Waals surface area contributed by atoms with Gasteiger partial charge in [-0.2, -0.15) is 0 Å². The van der Waals surface area contributed by atoms with Gasteiger partial charge in [-0.3, -0.25) is 9.59 Å². The maximum Gasteiger partial charge on any atom is 0.222 e. The van der Waals surface area contributed by atoms with E-state index in [1.807, 2.05) is 41.3 Å². The first-order valence-corrected chi connectivity index (χ1v) is 9.89. The number of piperidine rings is 1. The normalized spacial score (nSPS) is 18.7. The number of nitrogens with one attached hydrogen (secondary N) is 2. The fraction of sp³-hybridized carbons (Fsp3) is 0.429. The third-order valence-electron chi connectivity index (χ3n) is 5.88. The minimum atomic E-state index is 0.0841. The lowest BCUT2D eigenvalue weighted by atomic mass is 9.77. The van der Waals surface area contributed by atoms with Crippen molar-refractivity contribution in [1.82, 2.24) is 15.2 Å². The van der Waals surface area contributed by atoms with Crippen molar-refractivity contribution in [3.63, 3.8) is 0 Å². The van der Waals surface area contributed by atoms with Gasteiger partial charge < -0.3 is 15.2 Å². The van der Waals surface area contributed by atoms with Crippen LogP contribution in [0.2, 0.25) is 5.02 Å². The molecular weight excluding hydrogens is 362 g/mol. The number of nitrogens with zero attached hydrogens (tertiary/aromatic N) is 1. The van der Waals surface area contributed by atoms with Crippen LogP contribution in [0.15, 0.2) is 36.4 Å². The van der Waals surface area contributed by atoms with Gasteiger partial charge in [0.1, 0.15) is 0 Å². The van der Waals surface area contributed by atoms with Crippen molar-refractivity contribution < 1.29 is 9.59 Å². The van der Waals surface area contributed by atoms with Gasteiger partial charge in [0.05, 0.1) is 0 Å². The van der Waals surface area contributed by atoms with E-state index in [-0.39, 0.29) is 17.2 Å². The molecule has 5 nitrogen and oxygen atoms in total. The number of likely N-dealkylation sites (tertiary alicyclic amines) is 1. The minimum absolute atomic E-state index is 0.0841. The third kappa shape index (κ3) is 4.03. The number of carbonyl (C=O) groups is 2. The van der Waals surface area contributed by atoms with Gasteiger partial charge >= 0.3 is 0 Å². The van der Waals surface area contributed by atoms with Crippen LogP contribution in [-0.4, -0.2) is 41.3 Å².